The third kappa shape index (κ3) is 3.54. The zero-order valence-corrected chi connectivity index (χ0v) is 26.3. The first-order chi connectivity index (χ1) is 19.3. The maximum absolute atomic E-state index is 14.7. The first-order valence-corrected chi connectivity index (χ1v) is 16.6. The summed E-state index contributed by atoms with van der Waals surface area (Å²) in [5, 5.41) is 0. The molecule has 7 rings (SSSR count). The van der Waals surface area contributed by atoms with Crippen molar-refractivity contribution in [1.82, 2.24) is 4.90 Å². The SMILES string of the molecule is [C-]#[N+]C1=C[C@]2(C)C3=CC(=O)[C@@H]4[C@@H]5CC6(CC6)CC[C@]5(/C=C/C5CCCN5C)CC[C@@]4(C)[C@]3(C)CC[C@H]2C(C)(C)C1=O. The van der Waals surface area contributed by atoms with E-state index < -0.39 is 10.8 Å². The van der Waals surface area contributed by atoms with Crippen LogP contribution in [0, 0.1) is 56.8 Å². The van der Waals surface area contributed by atoms with Gasteiger partial charge in [0, 0.05) is 22.8 Å². The fourth-order valence-corrected chi connectivity index (χ4v) is 11.8. The quantitative estimate of drug-likeness (QED) is 0.257. The van der Waals surface area contributed by atoms with Crippen molar-refractivity contribution in [1.29, 1.82) is 0 Å². The highest BCUT2D eigenvalue weighted by Crippen LogP contribution is 2.76. The molecule has 0 radical (unpaired) electrons. The number of Topliss-reactive ketones (excluding diaryl/α,β-unsaturated/α-hetero) is 1. The molecule has 0 amide bonds. The van der Waals surface area contributed by atoms with E-state index in [2.05, 4.69) is 55.8 Å². The molecule has 1 saturated heterocycles. The van der Waals surface area contributed by atoms with Crippen LogP contribution in [0.25, 0.3) is 4.85 Å². The number of likely N-dealkylation sites (N-methyl/N-ethyl adjacent to an activating group) is 1. The van der Waals surface area contributed by atoms with Crippen LogP contribution in [0.3, 0.4) is 0 Å². The van der Waals surface area contributed by atoms with Crippen LogP contribution in [-0.4, -0.2) is 36.1 Å². The smallest absolute Gasteiger partial charge is 0.226 e. The first-order valence-electron chi connectivity index (χ1n) is 16.6. The van der Waals surface area contributed by atoms with Crippen molar-refractivity contribution in [3.8, 4) is 0 Å². The van der Waals surface area contributed by atoms with Gasteiger partial charge < -0.3 is 4.79 Å². The number of carbonyl (C=O) groups is 2. The minimum atomic E-state index is -0.603. The van der Waals surface area contributed by atoms with Crippen molar-refractivity contribution >= 4 is 11.6 Å². The van der Waals surface area contributed by atoms with Gasteiger partial charge in [-0.15, -0.1) is 0 Å². The van der Waals surface area contributed by atoms with Crippen LogP contribution in [-0.2, 0) is 9.59 Å². The zero-order chi connectivity index (χ0) is 29.2. The van der Waals surface area contributed by atoms with E-state index in [1.807, 2.05) is 19.9 Å². The largest absolute Gasteiger partial charge is 0.307 e. The summed E-state index contributed by atoms with van der Waals surface area (Å²) in [6.45, 7) is 20.3. The van der Waals surface area contributed by atoms with Gasteiger partial charge in [-0.2, -0.15) is 0 Å². The van der Waals surface area contributed by atoms with Crippen LogP contribution in [0.2, 0.25) is 0 Å². The number of hydrogen-bond acceptors (Lipinski definition) is 3. The molecule has 0 N–H and O–H groups in total. The fraction of sp³-hybridized carbons (Fsp3) is 0.757. The Morgan fingerprint density at radius 3 is 2.34 bits per heavy atom. The molecule has 220 valence electrons. The Morgan fingerprint density at radius 1 is 0.976 bits per heavy atom. The molecule has 1 aliphatic heterocycles. The third-order valence-corrected chi connectivity index (χ3v) is 14.8. The van der Waals surface area contributed by atoms with Gasteiger partial charge >= 0.3 is 0 Å². The topological polar surface area (TPSA) is 41.7 Å². The maximum atomic E-state index is 14.7. The average Bonchev–Trinajstić information content (AvgIpc) is 3.55. The number of likely N-dealkylation sites (tertiary alicyclic amines) is 1. The minimum Gasteiger partial charge on any atom is -0.307 e. The summed E-state index contributed by atoms with van der Waals surface area (Å²) in [5.74, 6) is 0.888. The van der Waals surface area contributed by atoms with E-state index in [4.69, 9.17) is 6.57 Å². The molecule has 0 aromatic heterocycles. The van der Waals surface area contributed by atoms with Gasteiger partial charge in [0.15, 0.2) is 11.6 Å². The Kier molecular flexibility index (Phi) is 5.81. The molecule has 8 atom stereocenters. The van der Waals surface area contributed by atoms with Crippen molar-refractivity contribution in [3.05, 3.63) is 47.0 Å². The zero-order valence-electron chi connectivity index (χ0n) is 26.3. The van der Waals surface area contributed by atoms with Gasteiger partial charge in [0.1, 0.15) is 0 Å². The Morgan fingerprint density at radius 2 is 1.68 bits per heavy atom. The van der Waals surface area contributed by atoms with E-state index in [1.54, 1.807) is 0 Å². The summed E-state index contributed by atoms with van der Waals surface area (Å²) >= 11 is 0. The predicted octanol–water partition coefficient (Wildman–Crippen LogP) is 7.96. The van der Waals surface area contributed by atoms with Gasteiger partial charge in [-0.1, -0.05) is 58.4 Å². The number of nitrogens with zero attached hydrogens (tertiary/aromatic N) is 2. The summed E-state index contributed by atoms with van der Waals surface area (Å²) in [5.41, 5.74) is 0.835. The van der Waals surface area contributed by atoms with E-state index in [-0.39, 0.29) is 39.6 Å². The van der Waals surface area contributed by atoms with E-state index in [0.717, 1.165) is 19.3 Å². The van der Waals surface area contributed by atoms with Crippen molar-refractivity contribution < 1.29 is 9.59 Å². The highest BCUT2D eigenvalue weighted by atomic mass is 16.1. The van der Waals surface area contributed by atoms with Crippen molar-refractivity contribution in [2.24, 2.45) is 50.2 Å². The second-order valence-corrected chi connectivity index (χ2v) is 16.8. The van der Waals surface area contributed by atoms with Gasteiger partial charge in [0.25, 0.3) is 0 Å². The molecule has 5 fully saturated rings. The normalized spacial score (nSPS) is 48.0. The van der Waals surface area contributed by atoms with Gasteiger partial charge in [-0.3, -0.25) is 9.69 Å². The maximum Gasteiger partial charge on any atom is 0.226 e. The van der Waals surface area contributed by atoms with Crippen LogP contribution in [0.15, 0.2) is 35.6 Å². The summed E-state index contributed by atoms with van der Waals surface area (Å²) in [6.07, 6.45) is 22.5. The second-order valence-electron chi connectivity index (χ2n) is 16.8. The van der Waals surface area contributed by atoms with Crippen molar-refractivity contribution in [2.75, 3.05) is 13.6 Å². The third-order valence-electron chi connectivity index (χ3n) is 14.8. The summed E-state index contributed by atoms with van der Waals surface area (Å²) < 4.78 is 0. The lowest BCUT2D eigenvalue weighted by molar-refractivity contribution is -0.161. The molecule has 4 heteroatoms. The van der Waals surface area contributed by atoms with Crippen molar-refractivity contribution in [2.45, 2.75) is 111 Å². The summed E-state index contributed by atoms with van der Waals surface area (Å²) in [4.78, 5) is 34.3. The van der Waals surface area contributed by atoms with Crippen molar-refractivity contribution in [3.63, 3.8) is 0 Å². The Bertz CT molecular complexity index is 1340. The molecule has 1 unspecified atom stereocenters. The first kappa shape index (κ1) is 27.8. The summed E-state index contributed by atoms with van der Waals surface area (Å²) in [7, 11) is 2.26. The molecule has 41 heavy (non-hydrogen) atoms. The van der Waals surface area contributed by atoms with Gasteiger partial charge in [-0.05, 0) is 124 Å². The standard InChI is InChI=1S/C37H50N2O2/c1-32(2)28-11-12-34(4)29(33(28,3)23-26(38-6)31(32)41)21-27(40)30-25-22-36(15-16-36)17-19-37(25,18-14-35(30,34)5)13-10-24-9-8-20-39(24)7/h10,13,21,23-25,28,30H,8-9,11-12,14-20,22H2,1-5,7H3/b13-10+/t24?,25-,28-,30-,33-,34+,35+,37-/m0/s1. The van der Waals surface area contributed by atoms with E-state index >= 15 is 0 Å². The number of allylic oxidation sites excluding steroid dienone is 5. The number of carbonyl (C=O) groups excluding carboxylic acids is 2. The monoisotopic (exact) mass is 554 g/mol. The number of fused-ring (bicyclic) bond motifs is 7. The molecule has 0 aromatic carbocycles. The molecule has 4 nitrogen and oxygen atoms in total. The molecule has 6 aliphatic carbocycles. The molecular formula is C37H50N2O2. The minimum absolute atomic E-state index is 0.0236. The van der Waals surface area contributed by atoms with E-state index in [0.29, 0.717) is 23.2 Å². The lowest BCUT2D eigenvalue weighted by Gasteiger charge is -2.69. The molecule has 1 spiro atoms. The number of hydrogen-bond donors (Lipinski definition) is 0. The lowest BCUT2D eigenvalue weighted by atomic mass is 9.34. The molecule has 0 bridgehead atoms. The van der Waals surface area contributed by atoms with Crippen LogP contribution >= 0.6 is 0 Å². The number of rotatable bonds is 2. The molecule has 0 aromatic rings. The average molecular weight is 555 g/mol. The van der Waals surface area contributed by atoms with Crippen LogP contribution in [0.5, 0.6) is 0 Å². The van der Waals surface area contributed by atoms with Crippen LogP contribution in [0.1, 0.15) is 105 Å². The van der Waals surface area contributed by atoms with E-state index in [9.17, 15) is 9.59 Å². The van der Waals surface area contributed by atoms with Crippen LogP contribution < -0.4 is 0 Å². The molecule has 4 saturated carbocycles. The van der Waals surface area contributed by atoms with Gasteiger partial charge in [0.05, 0.1) is 6.57 Å². The fourth-order valence-electron chi connectivity index (χ4n) is 11.8. The van der Waals surface area contributed by atoms with E-state index in [1.165, 1.54) is 63.5 Å². The predicted molar refractivity (Wildman–Crippen MR) is 163 cm³/mol. The molecule has 7 aliphatic rings. The Labute approximate surface area is 247 Å². The van der Waals surface area contributed by atoms with Gasteiger partial charge in [0.2, 0.25) is 5.70 Å². The highest BCUT2D eigenvalue weighted by Gasteiger charge is 2.70. The lowest BCUT2D eigenvalue weighted by Crippen LogP contribution is -2.64. The Hall–Kier alpha value is -1.99. The summed E-state index contributed by atoms with van der Waals surface area (Å²) in [6, 6.07) is 0.539. The second kappa shape index (κ2) is 8.56. The Balaban J connectivity index is 1.34. The molecule has 1 heterocycles. The van der Waals surface area contributed by atoms with Gasteiger partial charge in [-0.25, -0.2) is 4.85 Å². The molecular weight excluding hydrogens is 504 g/mol. The number of ketones is 2. The van der Waals surface area contributed by atoms with Crippen LogP contribution in [0.4, 0.5) is 0 Å². The highest BCUT2D eigenvalue weighted by molar-refractivity contribution is 6.03.